The molecule has 0 aliphatic carbocycles. The van der Waals surface area contributed by atoms with Crippen molar-refractivity contribution >= 4 is 69.6 Å². The highest BCUT2D eigenvalue weighted by Gasteiger charge is 2.21. The van der Waals surface area contributed by atoms with Crippen LogP contribution in [0.3, 0.4) is 0 Å². The molecule has 1 aliphatic heterocycles. The zero-order chi connectivity index (χ0) is 23.3. The number of nitrogens with one attached hydrogen (secondary N) is 2. The number of carbonyl (C=O) groups excluding carboxylic acids is 2. The van der Waals surface area contributed by atoms with E-state index in [1.165, 1.54) is 6.07 Å². The number of nitrogens with zero attached hydrogens (tertiary/aromatic N) is 1. The molecule has 7 nitrogen and oxygen atoms in total. The normalized spacial score (nSPS) is 14.4. The Hall–Kier alpha value is -2.10. The molecule has 1 heterocycles. The van der Waals surface area contributed by atoms with Gasteiger partial charge in [-0.1, -0.05) is 34.8 Å². The minimum Gasteiger partial charge on any atom is -0.479 e. The first-order valence-electron chi connectivity index (χ1n) is 9.64. The van der Waals surface area contributed by atoms with Crippen LogP contribution in [0, 0.1) is 0 Å². The minimum absolute atomic E-state index is 0.00512. The number of thiocarbonyl (C=S) groups is 1. The van der Waals surface area contributed by atoms with Gasteiger partial charge in [0.1, 0.15) is 5.75 Å². The average Bonchev–Trinajstić information content (AvgIpc) is 2.77. The maximum absolute atomic E-state index is 12.7. The molecule has 0 bridgehead atoms. The Morgan fingerprint density at radius 1 is 1.09 bits per heavy atom. The van der Waals surface area contributed by atoms with Crippen LogP contribution in [0.15, 0.2) is 36.4 Å². The number of hydrogen-bond donors (Lipinski definition) is 2. The summed E-state index contributed by atoms with van der Waals surface area (Å²) in [5, 5.41) is 6.47. The molecule has 0 saturated carbocycles. The van der Waals surface area contributed by atoms with Crippen molar-refractivity contribution in [3.63, 3.8) is 0 Å². The lowest BCUT2D eigenvalue weighted by molar-refractivity contribution is -0.125. The maximum atomic E-state index is 12.7. The largest absolute Gasteiger partial charge is 0.479 e. The van der Waals surface area contributed by atoms with E-state index in [9.17, 15) is 9.59 Å². The second-order valence-electron chi connectivity index (χ2n) is 6.88. The van der Waals surface area contributed by atoms with E-state index >= 15 is 0 Å². The lowest BCUT2D eigenvalue weighted by Crippen LogP contribution is -2.42. The molecule has 0 aromatic heterocycles. The van der Waals surface area contributed by atoms with E-state index in [1.807, 2.05) is 0 Å². The van der Waals surface area contributed by atoms with E-state index in [-0.39, 0.29) is 16.0 Å². The Kier molecular flexibility index (Phi) is 8.56. The number of halogens is 3. The molecule has 11 heteroatoms. The predicted octanol–water partition coefficient (Wildman–Crippen LogP) is 4.40. The molecule has 2 amide bonds. The molecule has 32 heavy (non-hydrogen) atoms. The number of morpholine rings is 1. The number of benzene rings is 2. The van der Waals surface area contributed by atoms with Gasteiger partial charge in [-0.2, -0.15) is 0 Å². The van der Waals surface area contributed by atoms with Gasteiger partial charge in [0.05, 0.1) is 28.9 Å². The Bertz CT molecular complexity index is 1030. The number of ether oxygens (including phenoxy) is 2. The fourth-order valence-corrected chi connectivity index (χ4v) is 3.71. The lowest BCUT2D eigenvalue weighted by Gasteiger charge is -2.27. The zero-order valence-electron chi connectivity index (χ0n) is 17.0. The van der Waals surface area contributed by atoms with E-state index in [1.54, 1.807) is 42.2 Å². The van der Waals surface area contributed by atoms with Gasteiger partial charge in [0, 0.05) is 23.7 Å². The highest BCUT2D eigenvalue weighted by atomic mass is 35.5. The van der Waals surface area contributed by atoms with Crippen molar-refractivity contribution < 1.29 is 19.1 Å². The minimum atomic E-state index is -0.891. The van der Waals surface area contributed by atoms with Crippen molar-refractivity contribution in [2.45, 2.75) is 13.0 Å². The Morgan fingerprint density at radius 2 is 1.81 bits per heavy atom. The molecule has 170 valence electrons. The molecule has 3 rings (SSSR count). The third-order valence-electron chi connectivity index (χ3n) is 4.56. The lowest BCUT2D eigenvalue weighted by atomic mass is 10.1. The van der Waals surface area contributed by atoms with Crippen molar-refractivity contribution in [3.05, 3.63) is 57.0 Å². The highest BCUT2D eigenvalue weighted by Crippen LogP contribution is 2.28. The fourth-order valence-electron chi connectivity index (χ4n) is 2.88. The molecule has 0 spiro atoms. The fraction of sp³-hybridized carbons (Fsp3) is 0.286. The van der Waals surface area contributed by atoms with Gasteiger partial charge in [0.15, 0.2) is 11.2 Å². The van der Waals surface area contributed by atoms with Crippen molar-refractivity contribution in [2.24, 2.45) is 0 Å². The standard InChI is InChI=1S/C21H20Cl3N3O4S/c1-12(31-18-5-3-14(22)11-16(18)24)19(28)26-21(32)25-17-10-13(2-4-15(17)23)20(29)27-6-8-30-9-7-27/h2-5,10-12H,6-9H2,1H3,(H2,25,26,28,32). The summed E-state index contributed by atoms with van der Waals surface area (Å²) in [5.41, 5.74) is 0.840. The van der Waals surface area contributed by atoms with E-state index in [0.29, 0.717) is 53.3 Å². The Balaban J connectivity index is 1.61. The van der Waals surface area contributed by atoms with Crippen LogP contribution in [0.4, 0.5) is 5.69 Å². The number of amides is 2. The summed E-state index contributed by atoms with van der Waals surface area (Å²) in [6.45, 7) is 3.60. The van der Waals surface area contributed by atoms with E-state index in [0.717, 1.165) is 0 Å². The van der Waals surface area contributed by atoms with Crippen LogP contribution in [0.2, 0.25) is 15.1 Å². The van der Waals surface area contributed by atoms with Crippen LogP contribution >= 0.6 is 47.0 Å². The molecule has 2 N–H and O–H groups in total. The molecule has 2 aromatic carbocycles. The third kappa shape index (κ3) is 6.46. The van der Waals surface area contributed by atoms with Gasteiger partial charge in [-0.25, -0.2) is 0 Å². The van der Waals surface area contributed by atoms with Crippen LogP contribution in [0.1, 0.15) is 17.3 Å². The quantitative estimate of drug-likeness (QED) is 0.574. The van der Waals surface area contributed by atoms with Crippen molar-refractivity contribution in [1.82, 2.24) is 10.2 Å². The summed E-state index contributed by atoms with van der Waals surface area (Å²) in [6, 6.07) is 9.51. The molecular formula is C21H20Cl3N3O4S. The first-order chi connectivity index (χ1) is 15.2. The van der Waals surface area contributed by atoms with E-state index in [4.69, 9.17) is 56.5 Å². The third-order valence-corrected chi connectivity index (χ3v) is 5.63. The van der Waals surface area contributed by atoms with Gasteiger partial charge in [-0.3, -0.25) is 14.9 Å². The molecule has 2 aromatic rings. The zero-order valence-corrected chi connectivity index (χ0v) is 20.1. The summed E-state index contributed by atoms with van der Waals surface area (Å²) in [7, 11) is 0. The summed E-state index contributed by atoms with van der Waals surface area (Å²) < 4.78 is 10.9. The van der Waals surface area contributed by atoms with E-state index in [2.05, 4.69) is 10.6 Å². The number of carbonyl (C=O) groups is 2. The summed E-state index contributed by atoms with van der Waals surface area (Å²) in [4.78, 5) is 26.9. The van der Waals surface area contributed by atoms with Gasteiger partial charge in [0.2, 0.25) is 0 Å². The number of anilines is 1. The topological polar surface area (TPSA) is 79.9 Å². The van der Waals surface area contributed by atoms with E-state index < -0.39 is 12.0 Å². The van der Waals surface area contributed by atoms with Crippen LogP contribution in [-0.4, -0.2) is 54.2 Å². The smallest absolute Gasteiger partial charge is 0.266 e. The van der Waals surface area contributed by atoms with Crippen LogP contribution in [0.5, 0.6) is 5.75 Å². The second kappa shape index (κ2) is 11.2. The monoisotopic (exact) mass is 515 g/mol. The molecule has 1 saturated heterocycles. The summed E-state index contributed by atoms with van der Waals surface area (Å²) >= 11 is 23.4. The average molecular weight is 517 g/mol. The first-order valence-corrected chi connectivity index (χ1v) is 11.2. The number of rotatable bonds is 5. The van der Waals surface area contributed by atoms with Crippen LogP contribution in [0.25, 0.3) is 0 Å². The molecular weight excluding hydrogens is 497 g/mol. The van der Waals surface area contributed by atoms with Gasteiger partial charge in [-0.15, -0.1) is 0 Å². The maximum Gasteiger partial charge on any atom is 0.266 e. The van der Waals surface area contributed by atoms with Crippen LogP contribution in [-0.2, 0) is 9.53 Å². The molecule has 0 radical (unpaired) electrons. The first kappa shape index (κ1) is 24.5. The number of hydrogen-bond acceptors (Lipinski definition) is 5. The predicted molar refractivity (Wildman–Crippen MR) is 129 cm³/mol. The van der Waals surface area contributed by atoms with Crippen molar-refractivity contribution in [2.75, 3.05) is 31.6 Å². The van der Waals surface area contributed by atoms with Crippen LogP contribution < -0.4 is 15.4 Å². The Morgan fingerprint density at radius 3 is 2.50 bits per heavy atom. The summed E-state index contributed by atoms with van der Waals surface area (Å²) in [5.74, 6) is -0.315. The van der Waals surface area contributed by atoms with Gasteiger partial charge >= 0.3 is 0 Å². The van der Waals surface area contributed by atoms with Crippen molar-refractivity contribution in [3.8, 4) is 5.75 Å². The molecule has 1 aliphatic rings. The van der Waals surface area contributed by atoms with Crippen molar-refractivity contribution in [1.29, 1.82) is 0 Å². The molecule has 1 unspecified atom stereocenters. The molecule has 1 atom stereocenters. The Labute approximate surface area is 205 Å². The SMILES string of the molecule is CC(Oc1ccc(Cl)cc1Cl)C(=O)NC(=S)Nc1cc(C(=O)N2CCOCC2)ccc1Cl. The highest BCUT2D eigenvalue weighted by molar-refractivity contribution is 7.80. The summed E-state index contributed by atoms with van der Waals surface area (Å²) in [6.07, 6.45) is -0.891. The second-order valence-corrected chi connectivity index (χ2v) is 8.54. The molecule has 1 fully saturated rings. The van der Waals surface area contributed by atoms with Gasteiger partial charge < -0.3 is 19.7 Å². The van der Waals surface area contributed by atoms with Gasteiger partial charge in [0.25, 0.3) is 11.8 Å². The van der Waals surface area contributed by atoms with Gasteiger partial charge in [-0.05, 0) is 55.5 Å².